The SMILES string of the molecule is O=C(O)c1ccc(NC(=O)C2CCCCO2)c([N+](=O)[O-])c1. The summed E-state index contributed by atoms with van der Waals surface area (Å²) in [7, 11) is 0. The normalized spacial score (nSPS) is 18.0. The fraction of sp³-hybridized carbons (Fsp3) is 0.385. The maximum absolute atomic E-state index is 12.0. The number of rotatable bonds is 4. The van der Waals surface area contributed by atoms with Crippen LogP contribution in [0, 0.1) is 10.1 Å². The number of nitrogens with one attached hydrogen (secondary N) is 1. The van der Waals surface area contributed by atoms with E-state index in [4.69, 9.17) is 9.84 Å². The summed E-state index contributed by atoms with van der Waals surface area (Å²) in [6, 6.07) is 3.33. The first-order chi connectivity index (χ1) is 9.99. The summed E-state index contributed by atoms with van der Waals surface area (Å²) < 4.78 is 5.30. The van der Waals surface area contributed by atoms with Crippen LogP contribution in [0.2, 0.25) is 0 Å². The number of nitrogens with zero attached hydrogens (tertiary/aromatic N) is 1. The van der Waals surface area contributed by atoms with Crippen molar-refractivity contribution in [2.24, 2.45) is 0 Å². The van der Waals surface area contributed by atoms with E-state index in [0.717, 1.165) is 18.9 Å². The molecule has 2 rings (SSSR count). The molecule has 1 fully saturated rings. The molecular weight excluding hydrogens is 280 g/mol. The number of benzene rings is 1. The average molecular weight is 294 g/mol. The Balaban J connectivity index is 2.20. The highest BCUT2D eigenvalue weighted by molar-refractivity contribution is 5.97. The number of nitro benzene ring substituents is 1. The molecule has 0 radical (unpaired) electrons. The molecule has 1 unspecified atom stereocenters. The third kappa shape index (κ3) is 3.54. The van der Waals surface area contributed by atoms with Gasteiger partial charge < -0.3 is 15.2 Å². The van der Waals surface area contributed by atoms with Crippen LogP contribution in [0.15, 0.2) is 18.2 Å². The van der Waals surface area contributed by atoms with Gasteiger partial charge in [0.05, 0.1) is 10.5 Å². The largest absolute Gasteiger partial charge is 0.478 e. The highest BCUT2D eigenvalue weighted by Gasteiger charge is 2.25. The molecule has 1 aromatic carbocycles. The molecule has 0 aromatic heterocycles. The van der Waals surface area contributed by atoms with Gasteiger partial charge in [0.15, 0.2) is 0 Å². The summed E-state index contributed by atoms with van der Waals surface area (Å²) in [4.78, 5) is 33.1. The lowest BCUT2D eigenvalue weighted by Gasteiger charge is -2.21. The Morgan fingerprint density at radius 2 is 2.14 bits per heavy atom. The molecule has 112 valence electrons. The second kappa shape index (κ2) is 6.31. The smallest absolute Gasteiger partial charge is 0.335 e. The van der Waals surface area contributed by atoms with Gasteiger partial charge in [-0.2, -0.15) is 0 Å². The summed E-state index contributed by atoms with van der Waals surface area (Å²) in [5, 5.41) is 22.3. The van der Waals surface area contributed by atoms with Crippen molar-refractivity contribution in [2.75, 3.05) is 11.9 Å². The van der Waals surface area contributed by atoms with E-state index < -0.39 is 28.6 Å². The van der Waals surface area contributed by atoms with Crippen LogP contribution in [0.4, 0.5) is 11.4 Å². The topological polar surface area (TPSA) is 119 Å². The first kappa shape index (κ1) is 14.9. The molecule has 8 nitrogen and oxygen atoms in total. The summed E-state index contributed by atoms with van der Waals surface area (Å²) in [6.45, 7) is 0.484. The Morgan fingerprint density at radius 3 is 2.71 bits per heavy atom. The van der Waals surface area contributed by atoms with Crippen LogP contribution in [-0.2, 0) is 9.53 Å². The van der Waals surface area contributed by atoms with Crippen LogP contribution < -0.4 is 5.32 Å². The number of carbonyl (C=O) groups excluding carboxylic acids is 1. The van der Waals surface area contributed by atoms with Crippen molar-refractivity contribution < 1.29 is 24.4 Å². The summed E-state index contributed by atoms with van der Waals surface area (Å²) in [5.41, 5.74) is -0.711. The summed E-state index contributed by atoms with van der Waals surface area (Å²) >= 11 is 0. The zero-order chi connectivity index (χ0) is 15.4. The summed E-state index contributed by atoms with van der Waals surface area (Å²) in [5.74, 6) is -1.73. The van der Waals surface area contributed by atoms with Gasteiger partial charge in [-0.15, -0.1) is 0 Å². The van der Waals surface area contributed by atoms with Crippen molar-refractivity contribution in [3.63, 3.8) is 0 Å². The second-order valence-electron chi connectivity index (χ2n) is 4.64. The molecule has 0 spiro atoms. The van der Waals surface area contributed by atoms with E-state index >= 15 is 0 Å². The maximum atomic E-state index is 12.0. The van der Waals surface area contributed by atoms with E-state index in [9.17, 15) is 19.7 Å². The minimum atomic E-state index is -1.27. The number of ether oxygens (including phenoxy) is 1. The van der Waals surface area contributed by atoms with Crippen molar-refractivity contribution in [3.05, 3.63) is 33.9 Å². The molecule has 2 N–H and O–H groups in total. The van der Waals surface area contributed by atoms with Gasteiger partial charge in [-0.25, -0.2) is 4.79 Å². The van der Waals surface area contributed by atoms with Crippen LogP contribution in [0.3, 0.4) is 0 Å². The Morgan fingerprint density at radius 1 is 1.38 bits per heavy atom. The zero-order valence-corrected chi connectivity index (χ0v) is 11.1. The van der Waals surface area contributed by atoms with Crippen molar-refractivity contribution in [1.82, 2.24) is 0 Å². The lowest BCUT2D eigenvalue weighted by molar-refractivity contribution is -0.384. The monoisotopic (exact) mass is 294 g/mol. The number of anilines is 1. The van der Waals surface area contributed by atoms with E-state index in [1.165, 1.54) is 12.1 Å². The van der Waals surface area contributed by atoms with Crippen LogP contribution in [0.1, 0.15) is 29.6 Å². The van der Waals surface area contributed by atoms with Crippen molar-refractivity contribution in [2.45, 2.75) is 25.4 Å². The van der Waals surface area contributed by atoms with Crippen molar-refractivity contribution in [3.8, 4) is 0 Å². The Kier molecular flexibility index (Phi) is 4.49. The molecule has 1 heterocycles. The average Bonchev–Trinajstić information content (AvgIpc) is 2.48. The molecule has 1 saturated heterocycles. The van der Waals surface area contributed by atoms with E-state index in [0.29, 0.717) is 13.0 Å². The Labute approximate surface area is 119 Å². The lowest BCUT2D eigenvalue weighted by Crippen LogP contribution is -2.33. The predicted molar refractivity (Wildman–Crippen MR) is 72.3 cm³/mol. The molecule has 1 atom stereocenters. The molecule has 1 aliphatic heterocycles. The third-order valence-electron chi connectivity index (χ3n) is 3.17. The van der Waals surface area contributed by atoms with Gasteiger partial charge in [-0.3, -0.25) is 14.9 Å². The zero-order valence-electron chi connectivity index (χ0n) is 11.1. The van der Waals surface area contributed by atoms with Crippen molar-refractivity contribution in [1.29, 1.82) is 0 Å². The number of hydrogen-bond donors (Lipinski definition) is 2. The van der Waals surface area contributed by atoms with Gasteiger partial charge in [0.2, 0.25) is 0 Å². The fourth-order valence-electron chi connectivity index (χ4n) is 2.08. The van der Waals surface area contributed by atoms with Crippen LogP contribution >= 0.6 is 0 Å². The Bertz CT molecular complexity index is 580. The van der Waals surface area contributed by atoms with Crippen LogP contribution in [-0.4, -0.2) is 34.6 Å². The number of carboxylic acids is 1. The number of aromatic carboxylic acids is 1. The molecule has 21 heavy (non-hydrogen) atoms. The number of carbonyl (C=O) groups is 2. The fourth-order valence-corrected chi connectivity index (χ4v) is 2.08. The highest BCUT2D eigenvalue weighted by atomic mass is 16.6. The second-order valence-corrected chi connectivity index (χ2v) is 4.64. The van der Waals surface area contributed by atoms with E-state index in [1.807, 2.05) is 0 Å². The molecule has 1 amide bonds. The predicted octanol–water partition coefficient (Wildman–Crippen LogP) is 1.80. The summed E-state index contributed by atoms with van der Waals surface area (Å²) in [6.07, 6.45) is 1.68. The lowest BCUT2D eigenvalue weighted by atomic mass is 10.1. The minimum Gasteiger partial charge on any atom is -0.478 e. The van der Waals surface area contributed by atoms with E-state index in [1.54, 1.807) is 0 Å². The molecule has 8 heteroatoms. The maximum Gasteiger partial charge on any atom is 0.335 e. The highest BCUT2D eigenvalue weighted by Crippen LogP contribution is 2.26. The molecule has 0 saturated carbocycles. The molecule has 0 aliphatic carbocycles. The van der Waals surface area contributed by atoms with E-state index in [2.05, 4.69) is 5.32 Å². The Hall–Kier alpha value is -2.48. The minimum absolute atomic E-state index is 0.0378. The number of carboxylic acid groups (broad SMARTS) is 1. The number of amides is 1. The standard InChI is InChI=1S/C13H14N2O6/c16-12(11-3-1-2-6-21-11)14-9-5-4-8(13(17)18)7-10(9)15(19)20/h4-5,7,11H,1-3,6H2,(H,14,16)(H,17,18). The van der Waals surface area contributed by atoms with E-state index in [-0.39, 0.29) is 11.3 Å². The first-order valence-corrected chi connectivity index (χ1v) is 6.43. The van der Waals surface area contributed by atoms with Gasteiger partial charge in [0.1, 0.15) is 11.8 Å². The number of hydrogen-bond acceptors (Lipinski definition) is 5. The van der Waals surface area contributed by atoms with Gasteiger partial charge >= 0.3 is 5.97 Å². The van der Waals surface area contributed by atoms with Gasteiger partial charge in [-0.1, -0.05) is 0 Å². The van der Waals surface area contributed by atoms with Crippen LogP contribution in [0.5, 0.6) is 0 Å². The van der Waals surface area contributed by atoms with Gasteiger partial charge in [-0.05, 0) is 31.4 Å². The quantitative estimate of drug-likeness (QED) is 0.645. The molecule has 1 aliphatic rings. The van der Waals surface area contributed by atoms with Crippen molar-refractivity contribution >= 4 is 23.3 Å². The molecule has 1 aromatic rings. The first-order valence-electron chi connectivity index (χ1n) is 6.43. The molecule has 0 bridgehead atoms. The molecular formula is C13H14N2O6. The third-order valence-corrected chi connectivity index (χ3v) is 3.17. The van der Waals surface area contributed by atoms with Gasteiger partial charge in [0.25, 0.3) is 11.6 Å². The van der Waals surface area contributed by atoms with Crippen LogP contribution in [0.25, 0.3) is 0 Å². The number of nitro groups is 1. The van der Waals surface area contributed by atoms with Gasteiger partial charge in [0, 0.05) is 12.7 Å².